The van der Waals surface area contributed by atoms with E-state index in [4.69, 9.17) is 0 Å². The third-order valence-corrected chi connectivity index (χ3v) is 1.86. The van der Waals surface area contributed by atoms with Crippen LogP contribution in [0.4, 0.5) is 0 Å². The molecule has 0 aromatic carbocycles. The number of ether oxygens (including phenoxy) is 1. The Kier molecular flexibility index (Phi) is 4.25. The minimum absolute atomic E-state index is 0.198. The first-order valence-corrected chi connectivity index (χ1v) is 3.68. The van der Waals surface area contributed by atoms with Crippen LogP contribution in [0.15, 0.2) is 0 Å². The Hall–Kier alpha value is -1.13. The van der Waals surface area contributed by atoms with Gasteiger partial charge in [-0.15, -0.1) is 0 Å². The van der Waals surface area contributed by atoms with Gasteiger partial charge in [-0.2, -0.15) is 0 Å². The molecular weight excluding hydrogens is 162 g/mol. The molecule has 0 aliphatic rings. The van der Waals surface area contributed by atoms with Crippen LogP contribution in [0.3, 0.4) is 0 Å². The molecule has 0 rings (SSSR count). The molecule has 2 unspecified atom stereocenters. The number of rotatable bonds is 4. The predicted octanol–water partition coefficient (Wildman–Crippen LogP) is 0.708. The highest BCUT2D eigenvalue weighted by molar-refractivity contribution is 5.72. The smallest absolute Gasteiger partial charge is 0.308 e. The number of nitro groups is 1. The Labute approximate surface area is 70.9 Å². The molecule has 70 valence electrons. The van der Waals surface area contributed by atoms with Crippen LogP contribution in [0.2, 0.25) is 0 Å². The monoisotopic (exact) mass is 175 g/mol. The standard InChI is InChI=1S/C7H13NO4/c1-5(4-8(10)11)6(2)7(9)12-3/h5-6H,4H2,1-3H3. The van der Waals surface area contributed by atoms with Gasteiger partial charge in [0.1, 0.15) is 0 Å². The number of carbonyl (C=O) groups excluding carboxylic acids is 1. The van der Waals surface area contributed by atoms with Crippen molar-refractivity contribution in [3.63, 3.8) is 0 Å². The molecule has 2 atom stereocenters. The van der Waals surface area contributed by atoms with E-state index in [-0.39, 0.29) is 12.5 Å². The normalized spacial score (nSPS) is 14.9. The van der Waals surface area contributed by atoms with Crippen molar-refractivity contribution in [3.05, 3.63) is 10.1 Å². The van der Waals surface area contributed by atoms with E-state index in [2.05, 4.69) is 4.74 Å². The lowest BCUT2D eigenvalue weighted by atomic mass is 9.96. The van der Waals surface area contributed by atoms with Crippen molar-refractivity contribution in [2.24, 2.45) is 11.8 Å². The summed E-state index contributed by atoms with van der Waals surface area (Å²) in [5.74, 6) is -1.10. The van der Waals surface area contributed by atoms with Crippen LogP contribution in [0, 0.1) is 22.0 Å². The first-order chi connectivity index (χ1) is 5.49. The predicted molar refractivity (Wildman–Crippen MR) is 42.2 cm³/mol. The number of methoxy groups -OCH3 is 1. The van der Waals surface area contributed by atoms with Gasteiger partial charge >= 0.3 is 5.97 Å². The van der Waals surface area contributed by atoms with E-state index in [1.54, 1.807) is 13.8 Å². The van der Waals surface area contributed by atoms with E-state index in [1.165, 1.54) is 7.11 Å². The highest BCUT2D eigenvalue weighted by Gasteiger charge is 2.24. The lowest BCUT2D eigenvalue weighted by molar-refractivity contribution is -0.488. The second kappa shape index (κ2) is 4.69. The Bertz CT molecular complexity index is 180. The van der Waals surface area contributed by atoms with Gasteiger partial charge in [0.2, 0.25) is 6.54 Å². The highest BCUT2D eigenvalue weighted by atomic mass is 16.6. The summed E-state index contributed by atoms with van der Waals surface area (Å²) in [6, 6.07) is 0. The molecule has 0 saturated heterocycles. The highest BCUT2D eigenvalue weighted by Crippen LogP contribution is 2.12. The Balaban J connectivity index is 4.00. The molecule has 0 fully saturated rings. The molecule has 0 spiro atoms. The van der Waals surface area contributed by atoms with Gasteiger partial charge in [-0.1, -0.05) is 13.8 Å². The molecule has 0 bridgehead atoms. The molecule has 0 amide bonds. The number of carbonyl (C=O) groups is 1. The van der Waals surface area contributed by atoms with Crippen molar-refractivity contribution in [2.45, 2.75) is 13.8 Å². The number of hydrogen-bond donors (Lipinski definition) is 0. The third-order valence-electron chi connectivity index (χ3n) is 1.86. The van der Waals surface area contributed by atoms with Gasteiger partial charge in [0, 0.05) is 10.8 Å². The van der Waals surface area contributed by atoms with Crippen LogP contribution in [0.5, 0.6) is 0 Å². The van der Waals surface area contributed by atoms with Crippen LogP contribution < -0.4 is 0 Å². The number of hydrogen-bond acceptors (Lipinski definition) is 4. The molecule has 0 radical (unpaired) electrons. The zero-order valence-corrected chi connectivity index (χ0v) is 7.44. The molecular formula is C7H13NO4. The molecule has 12 heavy (non-hydrogen) atoms. The van der Waals surface area contributed by atoms with Crippen molar-refractivity contribution in [3.8, 4) is 0 Å². The van der Waals surface area contributed by atoms with Gasteiger partial charge < -0.3 is 4.74 Å². The van der Waals surface area contributed by atoms with Crippen molar-refractivity contribution < 1.29 is 14.5 Å². The average Bonchev–Trinajstić information content (AvgIpc) is 2.00. The fraction of sp³-hybridized carbons (Fsp3) is 0.857. The minimum atomic E-state index is -0.426. The Morgan fingerprint density at radius 3 is 2.42 bits per heavy atom. The first kappa shape index (κ1) is 10.9. The van der Waals surface area contributed by atoms with Gasteiger partial charge in [0.15, 0.2) is 0 Å². The van der Waals surface area contributed by atoms with Crippen LogP contribution in [0.1, 0.15) is 13.8 Å². The van der Waals surface area contributed by atoms with Gasteiger partial charge in [-0.25, -0.2) is 0 Å². The fourth-order valence-electron chi connectivity index (χ4n) is 0.811. The Morgan fingerprint density at radius 2 is 2.08 bits per heavy atom. The lowest BCUT2D eigenvalue weighted by Crippen LogP contribution is -2.25. The Morgan fingerprint density at radius 1 is 1.58 bits per heavy atom. The van der Waals surface area contributed by atoms with Crippen molar-refractivity contribution in [1.82, 2.24) is 0 Å². The molecule has 0 heterocycles. The molecule has 0 N–H and O–H groups in total. The molecule has 0 saturated carbocycles. The second-order valence-corrected chi connectivity index (χ2v) is 2.80. The summed E-state index contributed by atoms with van der Waals surface area (Å²) >= 11 is 0. The summed E-state index contributed by atoms with van der Waals surface area (Å²) < 4.78 is 4.45. The number of esters is 1. The zero-order valence-electron chi connectivity index (χ0n) is 7.44. The van der Waals surface area contributed by atoms with E-state index in [0.29, 0.717) is 0 Å². The van der Waals surface area contributed by atoms with Crippen LogP contribution in [0.25, 0.3) is 0 Å². The van der Waals surface area contributed by atoms with E-state index < -0.39 is 16.8 Å². The average molecular weight is 175 g/mol. The summed E-state index contributed by atoms with van der Waals surface area (Å²) in [5.41, 5.74) is 0. The van der Waals surface area contributed by atoms with E-state index in [1.807, 2.05) is 0 Å². The van der Waals surface area contributed by atoms with Crippen LogP contribution in [-0.2, 0) is 9.53 Å². The van der Waals surface area contributed by atoms with Gasteiger partial charge in [0.25, 0.3) is 0 Å². The molecule has 0 aromatic rings. The maximum atomic E-state index is 10.9. The molecule has 5 nitrogen and oxygen atoms in total. The zero-order chi connectivity index (χ0) is 9.72. The lowest BCUT2D eigenvalue weighted by Gasteiger charge is -2.12. The van der Waals surface area contributed by atoms with Crippen molar-refractivity contribution in [1.29, 1.82) is 0 Å². The third kappa shape index (κ3) is 3.32. The van der Waals surface area contributed by atoms with E-state index in [0.717, 1.165) is 0 Å². The summed E-state index contributed by atoms with van der Waals surface area (Å²) in [4.78, 5) is 20.5. The van der Waals surface area contributed by atoms with Crippen LogP contribution in [-0.4, -0.2) is 24.5 Å². The van der Waals surface area contributed by atoms with Crippen molar-refractivity contribution >= 4 is 5.97 Å². The van der Waals surface area contributed by atoms with Gasteiger partial charge in [-0.3, -0.25) is 14.9 Å². The van der Waals surface area contributed by atoms with Gasteiger partial charge in [-0.05, 0) is 0 Å². The summed E-state index contributed by atoms with van der Waals surface area (Å²) in [6.07, 6.45) is 0. The summed E-state index contributed by atoms with van der Waals surface area (Å²) in [7, 11) is 1.28. The number of nitrogens with zero attached hydrogens (tertiary/aromatic N) is 1. The van der Waals surface area contributed by atoms with Gasteiger partial charge in [0.05, 0.1) is 13.0 Å². The maximum Gasteiger partial charge on any atom is 0.308 e. The summed E-state index contributed by atoms with van der Waals surface area (Å²) in [6.45, 7) is 3.08. The summed E-state index contributed by atoms with van der Waals surface area (Å²) in [5, 5.41) is 10.1. The first-order valence-electron chi connectivity index (χ1n) is 3.68. The topological polar surface area (TPSA) is 69.4 Å². The second-order valence-electron chi connectivity index (χ2n) is 2.80. The molecule has 0 aliphatic carbocycles. The largest absolute Gasteiger partial charge is 0.469 e. The minimum Gasteiger partial charge on any atom is -0.469 e. The molecule has 0 aliphatic heterocycles. The maximum absolute atomic E-state index is 10.9. The fourth-order valence-corrected chi connectivity index (χ4v) is 0.811. The van der Waals surface area contributed by atoms with E-state index >= 15 is 0 Å². The SMILES string of the molecule is COC(=O)C(C)C(C)C[N+](=O)[O-]. The quantitative estimate of drug-likeness (QED) is 0.358. The molecule has 5 heteroatoms. The van der Waals surface area contributed by atoms with E-state index in [9.17, 15) is 14.9 Å². The van der Waals surface area contributed by atoms with Crippen LogP contribution >= 0.6 is 0 Å². The molecule has 0 aromatic heterocycles. The van der Waals surface area contributed by atoms with Crippen molar-refractivity contribution in [2.75, 3.05) is 13.7 Å².